The van der Waals surface area contributed by atoms with Crippen molar-refractivity contribution < 1.29 is 0 Å². The maximum absolute atomic E-state index is 14.5. The molecule has 0 aliphatic heterocycles. The van der Waals surface area contributed by atoms with Crippen LogP contribution in [0.4, 0.5) is 0 Å². The molecule has 4 nitrogen and oxygen atoms in total. The fourth-order valence-electron chi connectivity index (χ4n) is 10.9. The molecular formula is C59H35N3O. The van der Waals surface area contributed by atoms with Gasteiger partial charge in [0.15, 0.2) is 0 Å². The van der Waals surface area contributed by atoms with Gasteiger partial charge in [-0.1, -0.05) is 152 Å². The highest BCUT2D eigenvalue weighted by molar-refractivity contribution is 6.27. The van der Waals surface area contributed by atoms with E-state index in [4.69, 9.17) is 0 Å². The minimum absolute atomic E-state index is 0.0121. The van der Waals surface area contributed by atoms with Crippen LogP contribution in [0.5, 0.6) is 0 Å². The summed E-state index contributed by atoms with van der Waals surface area (Å²) < 4.78 is 6.84. The molecule has 4 heteroatoms. The van der Waals surface area contributed by atoms with Crippen LogP contribution < -0.4 is 5.56 Å². The third kappa shape index (κ3) is 4.67. The van der Waals surface area contributed by atoms with E-state index in [0.717, 1.165) is 71.6 Å². The molecule has 63 heavy (non-hydrogen) atoms. The van der Waals surface area contributed by atoms with Gasteiger partial charge in [0.05, 0.1) is 38.8 Å². The number of rotatable bonds is 4. The van der Waals surface area contributed by atoms with Crippen molar-refractivity contribution in [2.75, 3.05) is 0 Å². The number of nitrogens with zero attached hydrogens (tertiary/aromatic N) is 3. The third-order valence-corrected chi connectivity index (χ3v) is 13.6. The van der Waals surface area contributed by atoms with Crippen LogP contribution in [-0.4, -0.2) is 13.5 Å². The number of benzene rings is 10. The topological polar surface area (TPSA) is 31.3 Å². The predicted octanol–water partition coefficient (Wildman–Crippen LogP) is 14.9. The molecule has 0 saturated heterocycles. The van der Waals surface area contributed by atoms with E-state index >= 15 is 0 Å². The molecule has 0 unspecified atom stereocenters. The highest BCUT2D eigenvalue weighted by Crippen LogP contribution is 2.45. The molecule has 10 aromatic carbocycles. The molecule has 0 N–H and O–H groups in total. The van der Waals surface area contributed by atoms with Crippen molar-refractivity contribution in [2.24, 2.45) is 0 Å². The first-order valence-electron chi connectivity index (χ1n) is 21.6. The molecule has 0 atom stereocenters. The fraction of sp³-hybridized carbons (Fsp3) is 0. The highest BCUT2D eigenvalue weighted by Gasteiger charge is 2.23. The Hall–Kier alpha value is -8.47. The molecule has 14 aromatic rings. The van der Waals surface area contributed by atoms with Gasteiger partial charge in [0.2, 0.25) is 0 Å². The van der Waals surface area contributed by atoms with E-state index in [1.165, 1.54) is 54.4 Å². The number of fused-ring (bicyclic) bond motifs is 13. The normalized spacial score (nSPS) is 12.2. The number of hydrogen-bond acceptors (Lipinski definition) is 1. The average molecular weight is 802 g/mol. The average Bonchev–Trinajstić information content (AvgIpc) is 3.99. The maximum atomic E-state index is 14.5. The summed E-state index contributed by atoms with van der Waals surface area (Å²) in [4.78, 5) is 14.5. The molecule has 4 aromatic heterocycles. The Morgan fingerprint density at radius 2 is 0.889 bits per heavy atom. The Morgan fingerprint density at radius 3 is 1.70 bits per heavy atom. The van der Waals surface area contributed by atoms with Crippen molar-refractivity contribution in [1.29, 1.82) is 0 Å². The Morgan fingerprint density at radius 1 is 0.302 bits per heavy atom. The molecule has 0 fully saturated rings. The van der Waals surface area contributed by atoms with Crippen LogP contribution in [0.25, 0.3) is 126 Å². The van der Waals surface area contributed by atoms with Gasteiger partial charge in [-0.3, -0.25) is 9.20 Å². The molecule has 0 saturated carbocycles. The van der Waals surface area contributed by atoms with Crippen LogP contribution in [0.3, 0.4) is 0 Å². The van der Waals surface area contributed by atoms with Crippen LogP contribution in [0.2, 0.25) is 0 Å². The summed E-state index contributed by atoms with van der Waals surface area (Å²) in [5.74, 6) is 0. The van der Waals surface area contributed by atoms with Gasteiger partial charge in [0, 0.05) is 54.2 Å². The number of hydrogen-bond donors (Lipinski definition) is 0. The smallest absolute Gasteiger partial charge is 0.263 e. The van der Waals surface area contributed by atoms with Gasteiger partial charge in [-0.25, -0.2) is 0 Å². The first kappa shape index (κ1) is 34.3. The van der Waals surface area contributed by atoms with Gasteiger partial charge in [-0.05, 0) is 93.7 Å². The van der Waals surface area contributed by atoms with E-state index < -0.39 is 0 Å². The van der Waals surface area contributed by atoms with E-state index in [1.807, 2.05) is 16.5 Å². The Labute approximate surface area is 360 Å². The second-order valence-electron chi connectivity index (χ2n) is 16.8. The van der Waals surface area contributed by atoms with Crippen LogP contribution in [0, 0.1) is 0 Å². The van der Waals surface area contributed by atoms with E-state index in [1.54, 1.807) is 0 Å². The van der Waals surface area contributed by atoms with Crippen LogP contribution in [0.1, 0.15) is 0 Å². The van der Waals surface area contributed by atoms with Crippen molar-refractivity contribution in [3.63, 3.8) is 0 Å². The first-order valence-corrected chi connectivity index (χ1v) is 21.6. The lowest BCUT2D eigenvalue weighted by Gasteiger charge is -2.15. The van der Waals surface area contributed by atoms with Crippen LogP contribution in [-0.2, 0) is 0 Å². The van der Waals surface area contributed by atoms with Gasteiger partial charge in [-0.15, -0.1) is 0 Å². The molecule has 0 amide bonds. The SMILES string of the molecule is O=c1c2ccc(-c3ccccc3)cc2c2cccc3c4cc(-c5ccc(-n6c7ccccc7c7ccc8c(c9ccccc9n8-c8ccccc8)c76)c6ccccc56)ccc4n1c23. The Kier molecular flexibility index (Phi) is 6.95. The lowest BCUT2D eigenvalue weighted by atomic mass is 9.95. The second-order valence-corrected chi connectivity index (χ2v) is 16.8. The van der Waals surface area contributed by atoms with Crippen molar-refractivity contribution in [3.05, 3.63) is 223 Å². The van der Waals surface area contributed by atoms with Crippen LogP contribution >= 0.6 is 0 Å². The Balaban J connectivity index is 1.01. The lowest BCUT2D eigenvalue weighted by Crippen LogP contribution is -2.12. The first-order chi connectivity index (χ1) is 31.2. The quantitative estimate of drug-likeness (QED) is 0.163. The van der Waals surface area contributed by atoms with E-state index in [9.17, 15) is 4.79 Å². The second kappa shape index (κ2) is 12.8. The minimum Gasteiger partial charge on any atom is -0.309 e. The predicted molar refractivity (Wildman–Crippen MR) is 264 cm³/mol. The molecule has 0 aliphatic carbocycles. The molecule has 4 heterocycles. The van der Waals surface area contributed by atoms with Gasteiger partial charge >= 0.3 is 0 Å². The minimum atomic E-state index is 0.0121. The molecule has 0 radical (unpaired) electrons. The largest absolute Gasteiger partial charge is 0.309 e. The summed E-state index contributed by atoms with van der Waals surface area (Å²) >= 11 is 0. The zero-order valence-corrected chi connectivity index (χ0v) is 34.0. The van der Waals surface area contributed by atoms with E-state index in [-0.39, 0.29) is 5.56 Å². The third-order valence-electron chi connectivity index (χ3n) is 13.6. The van der Waals surface area contributed by atoms with Crippen molar-refractivity contribution in [3.8, 4) is 33.6 Å². The summed E-state index contributed by atoms with van der Waals surface area (Å²) in [6.45, 7) is 0. The molecule has 14 rings (SSSR count). The zero-order valence-electron chi connectivity index (χ0n) is 34.0. The zero-order chi connectivity index (χ0) is 41.3. The van der Waals surface area contributed by atoms with Gasteiger partial charge in [0.25, 0.3) is 5.56 Å². The van der Waals surface area contributed by atoms with Gasteiger partial charge < -0.3 is 9.13 Å². The number of aromatic nitrogens is 3. The highest BCUT2D eigenvalue weighted by atomic mass is 16.1. The monoisotopic (exact) mass is 801 g/mol. The number of pyridine rings is 1. The maximum Gasteiger partial charge on any atom is 0.263 e. The van der Waals surface area contributed by atoms with E-state index in [2.05, 4.69) is 209 Å². The van der Waals surface area contributed by atoms with E-state index in [0.29, 0.717) is 0 Å². The number of para-hydroxylation sites is 4. The van der Waals surface area contributed by atoms with Crippen LogP contribution in [0.15, 0.2) is 217 Å². The van der Waals surface area contributed by atoms with Crippen molar-refractivity contribution in [2.45, 2.75) is 0 Å². The molecule has 0 aliphatic rings. The van der Waals surface area contributed by atoms with Gasteiger partial charge in [-0.2, -0.15) is 0 Å². The Bertz CT molecular complexity index is 4270. The molecule has 0 spiro atoms. The van der Waals surface area contributed by atoms with Crippen molar-refractivity contribution in [1.82, 2.24) is 13.5 Å². The summed E-state index contributed by atoms with van der Waals surface area (Å²) in [6, 6.07) is 76.1. The summed E-state index contributed by atoms with van der Waals surface area (Å²) in [5.41, 5.74) is 13.4. The lowest BCUT2D eigenvalue weighted by molar-refractivity contribution is 1.18. The molecule has 0 bridgehead atoms. The molecular weight excluding hydrogens is 767 g/mol. The summed E-state index contributed by atoms with van der Waals surface area (Å²) in [5, 5.41) is 12.2. The molecule has 292 valence electrons. The standard InChI is InChI=1S/C59H35N3O/c63-59-47-28-26-37(36-14-3-1-4-15-36)34-49(47)44-22-13-23-45-50-35-38(27-31-54(50)62(59)57(44)45)40-29-32-53(42-19-8-7-18-41(40)42)61-51-24-11-9-20-43(51)46-30-33-55-56(58(46)61)48-21-10-12-25-52(48)60(55)39-16-5-2-6-17-39/h1-35H. The summed E-state index contributed by atoms with van der Waals surface area (Å²) in [6.07, 6.45) is 0. The van der Waals surface area contributed by atoms with Gasteiger partial charge in [0.1, 0.15) is 0 Å². The fourth-order valence-corrected chi connectivity index (χ4v) is 10.9. The van der Waals surface area contributed by atoms with Crippen molar-refractivity contribution >= 4 is 92.3 Å². The summed E-state index contributed by atoms with van der Waals surface area (Å²) in [7, 11) is 0.